The number of rotatable bonds is 9. The second-order valence-corrected chi connectivity index (χ2v) is 17.3. The fourth-order valence-electron chi connectivity index (χ4n) is 10.3. The zero-order valence-corrected chi connectivity index (χ0v) is 33.8. The van der Waals surface area contributed by atoms with E-state index in [4.69, 9.17) is 15.2 Å². The minimum Gasteiger partial charge on any atom is -0.364 e. The summed E-state index contributed by atoms with van der Waals surface area (Å²) in [6, 6.07) is 19.6. The summed E-state index contributed by atoms with van der Waals surface area (Å²) < 4.78 is 5.88. The van der Waals surface area contributed by atoms with E-state index < -0.39 is 11.8 Å². The number of imide groups is 1. The van der Waals surface area contributed by atoms with Crippen molar-refractivity contribution in [3.63, 3.8) is 0 Å². The molecule has 15 heteroatoms. The van der Waals surface area contributed by atoms with Crippen LogP contribution in [0.5, 0.6) is 0 Å². The predicted octanol–water partition coefficient (Wildman–Crippen LogP) is 5.60. The molecule has 5 fully saturated rings. The Morgan fingerprint density at radius 2 is 1.68 bits per heavy atom. The third-order valence-electron chi connectivity index (χ3n) is 13.8. The maximum absolute atomic E-state index is 12.8. The lowest BCUT2D eigenvalue weighted by atomic mass is 9.72. The fraction of sp³-hybridized carbons (Fsp3) is 0.444. The molecule has 5 aromatic rings. The first-order valence-electron chi connectivity index (χ1n) is 21.4. The number of fused-ring (bicyclic) bond motifs is 3. The maximum Gasteiger partial charge on any atom is 0.320 e. The molecule has 2 aromatic heterocycles. The van der Waals surface area contributed by atoms with Crippen molar-refractivity contribution in [3.8, 4) is 0 Å². The van der Waals surface area contributed by atoms with Gasteiger partial charge in [0.1, 0.15) is 11.5 Å². The number of likely N-dealkylation sites (tertiary alicyclic amines) is 1. The molecule has 0 radical (unpaired) electrons. The molecule has 4 aliphatic heterocycles. The quantitative estimate of drug-likeness (QED) is 0.158. The van der Waals surface area contributed by atoms with Crippen molar-refractivity contribution in [2.75, 3.05) is 56.5 Å². The molecule has 3 aromatic carbocycles. The van der Waals surface area contributed by atoms with Crippen LogP contribution in [-0.4, -0.2) is 112 Å². The molecule has 4 N–H and O–H groups in total. The molecule has 60 heavy (non-hydrogen) atoms. The number of aromatic nitrogens is 3. The molecule has 1 aliphatic carbocycles. The highest BCUT2D eigenvalue weighted by Gasteiger charge is 2.39. The number of carbonyl (C=O) groups excluding carboxylic acids is 4. The molecular formula is C45H50N10O5. The molecule has 4 saturated heterocycles. The van der Waals surface area contributed by atoms with Gasteiger partial charge < -0.3 is 35.2 Å². The molecule has 1 saturated carbocycles. The lowest BCUT2D eigenvalue weighted by Gasteiger charge is -2.46. The van der Waals surface area contributed by atoms with Crippen LogP contribution in [0, 0.1) is 0 Å². The van der Waals surface area contributed by atoms with E-state index in [1.807, 2.05) is 30.1 Å². The highest BCUT2D eigenvalue weighted by atomic mass is 16.5. The molecule has 1 unspecified atom stereocenters. The summed E-state index contributed by atoms with van der Waals surface area (Å²) in [6.45, 7) is 5.00. The molecule has 0 bridgehead atoms. The number of nitrogens with two attached hydrogens (primary N) is 1. The largest absolute Gasteiger partial charge is 0.364 e. The van der Waals surface area contributed by atoms with Gasteiger partial charge in [0.15, 0.2) is 17.1 Å². The predicted molar refractivity (Wildman–Crippen MR) is 226 cm³/mol. The number of primary amides is 1. The summed E-state index contributed by atoms with van der Waals surface area (Å²) in [7, 11) is 1.84. The number of hydrogen-bond acceptors (Lipinski definition) is 11. The van der Waals surface area contributed by atoms with Crippen molar-refractivity contribution in [2.45, 2.75) is 81.2 Å². The molecule has 15 nitrogen and oxygen atoms in total. The third-order valence-corrected chi connectivity index (χ3v) is 13.8. The summed E-state index contributed by atoms with van der Waals surface area (Å²) in [5.74, 6) is 0.139. The van der Waals surface area contributed by atoms with E-state index >= 15 is 0 Å². The van der Waals surface area contributed by atoms with Gasteiger partial charge in [-0.1, -0.05) is 41.6 Å². The number of carbonyl (C=O) groups is 4. The number of nitrogens with zero attached hydrogens (tertiary/aromatic N) is 7. The zero-order valence-electron chi connectivity index (χ0n) is 33.8. The normalized spacial score (nSPS) is 24.3. The summed E-state index contributed by atoms with van der Waals surface area (Å²) >= 11 is 0. The highest BCUT2D eigenvalue weighted by molar-refractivity contribution is 6.11. The lowest BCUT2D eigenvalue weighted by Crippen LogP contribution is -2.49. The van der Waals surface area contributed by atoms with Crippen LogP contribution in [0.1, 0.15) is 96.4 Å². The van der Waals surface area contributed by atoms with Crippen molar-refractivity contribution < 1.29 is 23.7 Å². The number of piperidine rings is 3. The van der Waals surface area contributed by atoms with E-state index in [9.17, 15) is 19.2 Å². The van der Waals surface area contributed by atoms with Gasteiger partial charge in [0, 0.05) is 51.4 Å². The Morgan fingerprint density at radius 3 is 2.42 bits per heavy atom. The van der Waals surface area contributed by atoms with Crippen molar-refractivity contribution in [1.82, 2.24) is 35.1 Å². The topological polar surface area (TPSA) is 183 Å². The molecule has 6 heterocycles. The van der Waals surface area contributed by atoms with Crippen LogP contribution in [0.2, 0.25) is 0 Å². The summed E-state index contributed by atoms with van der Waals surface area (Å²) in [5.41, 5.74) is 10.5. The summed E-state index contributed by atoms with van der Waals surface area (Å²) in [5, 5.41) is 13.3. The number of amides is 5. The summed E-state index contributed by atoms with van der Waals surface area (Å²) in [6.07, 6.45) is 8.53. The van der Waals surface area contributed by atoms with E-state index in [0.29, 0.717) is 60.2 Å². The van der Waals surface area contributed by atoms with Gasteiger partial charge in [-0.25, -0.2) is 14.8 Å². The number of anilines is 3. The number of hydrogen-bond donors (Lipinski definition) is 3. The second-order valence-electron chi connectivity index (χ2n) is 17.3. The van der Waals surface area contributed by atoms with Crippen molar-refractivity contribution in [2.24, 2.45) is 5.73 Å². The molecule has 5 amide bonds. The fourth-order valence-corrected chi connectivity index (χ4v) is 10.3. The van der Waals surface area contributed by atoms with E-state index in [2.05, 4.69) is 67.0 Å². The van der Waals surface area contributed by atoms with Crippen LogP contribution < -0.4 is 21.3 Å². The third kappa shape index (κ3) is 6.97. The van der Waals surface area contributed by atoms with Gasteiger partial charge in [-0.05, 0) is 110 Å². The van der Waals surface area contributed by atoms with Gasteiger partial charge in [-0.15, -0.1) is 0 Å². The average Bonchev–Trinajstić information content (AvgIpc) is 3.82. The molecule has 310 valence electrons. The lowest BCUT2D eigenvalue weighted by molar-refractivity contribution is -0.134. The molecule has 5 aliphatic rings. The Kier molecular flexibility index (Phi) is 9.85. The van der Waals surface area contributed by atoms with Crippen LogP contribution in [-0.2, 0) is 9.59 Å². The zero-order chi connectivity index (χ0) is 41.1. The van der Waals surface area contributed by atoms with Gasteiger partial charge in [0.05, 0.1) is 23.5 Å². The van der Waals surface area contributed by atoms with Gasteiger partial charge in [0.25, 0.3) is 5.91 Å². The number of nitrogens with one attached hydrogen (secondary N) is 2. The van der Waals surface area contributed by atoms with E-state index in [0.717, 1.165) is 87.7 Å². The SMILES string of the molecule is CN1CCN([C@@H]2CCCN(c3cnc(C(N)=O)c(Nc4ccc(C5CCN(C6CC(c7cc8onc(C9CCC(=O)NC9=O)c8c8ccccc78)C6)CC5)cc4)n3)C2)C1=O. The first kappa shape index (κ1) is 38.1. The Morgan fingerprint density at radius 1 is 0.900 bits per heavy atom. The van der Waals surface area contributed by atoms with E-state index in [1.165, 1.54) is 16.5 Å². The van der Waals surface area contributed by atoms with Crippen LogP contribution in [0.15, 0.2) is 65.3 Å². The van der Waals surface area contributed by atoms with E-state index in [1.54, 1.807) is 11.1 Å². The number of benzene rings is 3. The van der Waals surface area contributed by atoms with Crippen molar-refractivity contribution in [1.29, 1.82) is 0 Å². The Labute approximate surface area is 347 Å². The maximum atomic E-state index is 12.8. The Balaban J connectivity index is 0.765. The average molecular weight is 811 g/mol. The molecular weight excluding hydrogens is 761 g/mol. The van der Waals surface area contributed by atoms with Gasteiger partial charge in [0.2, 0.25) is 11.8 Å². The molecule has 0 spiro atoms. The number of urea groups is 1. The first-order chi connectivity index (χ1) is 29.2. The van der Waals surface area contributed by atoms with Crippen LogP contribution in [0.4, 0.5) is 22.1 Å². The Hall–Kier alpha value is -6.09. The van der Waals surface area contributed by atoms with Crippen molar-refractivity contribution >= 4 is 62.8 Å². The Bertz CT molecular complexity index is 2490. The highest BCUT2D eigenvalue weighted by Crippen LogP contribution is 2.46. The second kappa shape index (κ2) is 15.5. The van der Waals surface area contributed by atoms with Gasteiger partial charge in [-0.3, -0.25) is 19.7 Å². The van der Waals surface area contributed by atoms with Gasteiger partial charge >= 0.3 is 6.03 Å². The first-order valence-corrected chi connectivity index (χ1v) is 21.4. The van der Waals surface area contributed by atoms with Crippen LogP contribution in [0.3, 0.4) is 0 Å². The number of likely N-dealkylation sites (N-methyl/N-ethyl adjacent to an activating group) is 1. The standard InChI is InChI=1S/C45H50N10O5/c1-52-19-20-55(45(52)59)30-5-4-16-54(25-30)37-24-47-41(42(46)57)43(49-37)48-29-10-8-26(9-11-29)27-14-17-53(18-15-27)31-21-28(22-31)35-23-36-39(33-7-3-2-6-32(33)35)40(51-60-36)34-12-13-38(56)50-44(34)58/h2-3,6-11,23-24,27-28,30-31,34H,4-5,12-22,25H2,1H3,(H2,46,57)(H,48,49)(H,50,56,58)/t28?,30-,31?,34?/m1/s1. The molecule has 10 rings (SSSR count). The molecule has 2 atom stereocenters. The van der Waals surface area contributed by atoms with Crippen LogP contribution in [0.25, 0.3) is 21.7 Å². The van der Waals surface area contributed by atoms with E-state index in [-0.39, 0.29) is 29.6 Å². The van der Waals surface area contributed by atoms with Crippen molar-refractivity contribution in [3.05, 3.63) is 83.3 Å². The van der Waals surface area contributed by atoms with Gasteiger partial charge in [-0.2, -0.15) is 0 Å². The smallest absolute Gasteiger partial charge is 0.320 e. The minimum atomic E-state index is -0.648. The monoisotopic (exact) mass is 810 g/mol. The summed E-state index contributed by atoms with van der Waals surface area (Å²) in [4.78, 5) is 67.4. The van der Waals surface area contributed by atoms with Crippen LogP contribution >= 0.6 is 0 Å². The minimum absolute atomic E-state index is 0.0688.